The highest BCUT2D eigenvalue weighted by Crippen LogP contribution is 2.30. The van der Waals surface area contributed by atoms with E-state index >= 15 is 0 Å². The largest absolute Gasteiger partial charge is 0.454 e. The molecule has 0 radical (unpaired) electrons. The molecule has 0 aromatic heterocycles. The maximum absolute atomic E-state index is 11.5. The van der Waals surface area contributed by atoms with E-state index in [0.29, 0.717) is 11.5 Å². The van der Waals surface area contributed by atoms with Gasteiger partial charge >= 0.3 is 5.97 Å². The number of allylic oxidation sites excluding steroid dienone is 2. The van der Waals surface area contributed by atoms with Crippen LogP contribution in [-0.4, -0.2) is 12.1 Å². The molecule has 0 aliphatic heterocycles. The van der Waals surface area contributed by atoms with Crippen molar-refractivity contribution in [1.29, 1.82) is 0 Å². The smallest absolute Gasteiger partial charge is 0.333 e. The van der Waals surface area contributed by atoms with Gasteiger partial charge in [0.2, 0.25) is 0 Å². The molecule has 0 amide bonds. The molecule has 0 aromatic carbocycles. The van der Waals surface area contributed by atoms with E-state index in [2.05, 4.69) is 19.2 Å². The van der Waals surface area contributed by atoms with Gasteiger partial charge in [-0.25, -0.2) is 4.79 Å². The van der Waals surface area contributed by atoms with Gasteiger partial charge in [0.15, 0.2) is 0 Å². The van der Waals surface area contributed by atoms with Crippen molar-refractivity contribution in [3.63, 3.8) is 0 Å². The molecule has 1 aliphatic rings. The number of carbonyl (C=O) groups is 1. The van der Waals surface area contributed by atoms with Gasteiger partial charge in [0.1, 0.15) is 6.10 Å². The third-order valence-electron chi connectivity index (χ3n) is 3.03. The van der Waals surface area contributed by atoms with E-state index in [-0.39, 0.29) is 12.1 Å². The van der Waals surface area contributed by atoms with Crippen molar-refractivity contribution in [1.82, 2.24) is 0 Å². The van der Waals surface area contributed by atoms with Gasteiger partial charge < -0.3 is 4.74 Å². The number of carbonyl (C=O) groups excluding carboxylic acids is 1. The van der Waals surface area contributed by atoms with Crippen molar-refractivity contribution in [2.75, 3.05) is 0 Å². The Kier molecular flexibility index (Phi) is 4.11. The van der Waals surface area contributed by atoms with Crippen LogP contribution in [-0.2, 0) is 9.53 Å². The molecule has 2 nitrogen and oxygen atoms in total. The molecule has 0 spiro atoms. The molecule has 0 unspecified atom stereocenters. The molecule has 0 N–H and O–H groups in total. The molecular weight excluding hydrogens is 200 g/mol. The standard InChI is InChI=1S/C14H20O2/c1-9(2)12-7-6-11(5)13(8-12)16-14(15)10(3)4/h6,12-13H,1,3,7-8H2,2,4-5H3/t12-,13+/m0/s1. The van der Waals surface area contributed by atoms with Crippen LogP contribution in [0.25, 0.3) is 0 Å². The van der Waals surface area contributed by atoms with Crippen molar-refractivity contribution < 1.29 is 9.53 Å². The summed E-state index contributed by atoms with van der Waals surface area (Å²) in [5, 5.41) is 0. The lowest BCUT2D eigenvalue weighted by atomic mass is 9.84. The molecule has 0 fully saturated rings. The fourth-order valence-corrected chi connectivity index (χ4v) is 1.77. The number of hydrogen-bond acceptors (Lipinski definition) is 2. The van der Waals surface area contributed by atoms with Crippen LogP contribution in [0.1, 0.15) is 33.6 Å². The Labute approximate surface area is 97.7 Å². The first-order chi connectivity index (χ1) is 7.41. The fourth-order valence-electron chi connectivity index (χ4n) is 1.77. The summed E-state index contributed by atoms with van der Waals surface area (Å²) < 4.78 is 5.40. The van der Waals surface area contributed by atoms with E-state index in [1.165, 1.54) is 0 Å². The zero-order valence-corrected chi connectivity index (χ0v) is 10.4. The Bertz CT molecular complexity index is 350. The molecule has 0 heterocycles. The average Bonchev–Trinajstić information content (AvgIpc) is 2.20. The van der Waals surface area contributed by atoms with Crippen LogP contribution >= 0.6 is 0 Å². The summed E-state index contributed by atoms with van der Waals surface area (Å²) in [5.41, 5.74) is 2.73. The predicted molar refractivity (Wildman–Crippen MR) is 66.0 cm³/mol. The summed E-state index contributed by atoms with van der Waals surface area (Å²) >= 11 is 0. The second-order valence-corrected chi connectivity index (χ2v) is 4.64. The zero-order chi connectivity index (χ0) is 12.3. The van der Waals surface area contributed by atoms with Crippen molar-refractivity contribution in [3.8, 4) is 0 Å². The third kappa shape index (κ3) is 3.09. The van der Waals surface area contributed by atoms with Crippen LogP contribution in [0, 0.1) is 5.92 Å². The number of ether oxygens (including phenoxy) is 1. The molecule has 0 bridgehead atoms. The first-order valence-corrected chi connectivity index (χ1v) is 5.60. The SMILES string of the molecule is C=C(C)C(=O)O[C@@H]1C[C@@H](C(=C)C)CC=C1C. The lowest BCUT2D eigenvalue weighted by molar-refractivity contribution is -0.143. The Morgan fingerprint density at radius 1 is 1.44 bits per heavy atom. The van der Waals surface area contributed by atoms with E-state index in [9.17, 15) is 4.79 Å². The van der Waals surface area contributed by atoms with Gasteiger partial charge in [-0.3, -0.25) is 0 Å². The molecule has 0 aromatic rings. The van der Waals surface area contributed by atoms with Gasteiger partial charge in [-0.2, -0.15) is 0 Å². The van der Waals surface area contributed by atoms with Gasteiger partial charge in [0, 0.05) is 5.57 Å². The van der Waals surface area contributed by atoms with Crippen LogP contribution in [0.3, 0.4) is 0 Å². The van der Waals surface area contributed by atoms with Gasteiger partial charge in [0.05, 0.1) is 0 Å². The third-order valence-corrected chi connectivity index (χ3v) is 3.03. The predicted octanol–water partition coefficient (Wildman–Crippen LogP) is 3.41. The number of hydrogen-bond donors (Lipinski definition) is 0. The quantitative estimate of drug-likeness (QED) is 0.414. The van der Waals surface area contributed by atoms with Crippen LogP contribution in [0.4, 0.5) is 0 Å². The second kappa shape index (κ2) is 5.15. The summed E-state index contributed by atoms with van der Waals surface area (Å²) in [7, 11) is 0. The second-order valence-electron chi connectivity index (χ2n) is 4.64. The number of esters is 1. The molecule has 1 aliphatic carbocycles. The first-order valence-electron chi connectivity index (χ1n) is 5.60. The van der Waals surface area contributed by atoms with Crippen LogP contribution in [0.2, 0.25) is 0 Å². The highest BCUT2D eigenvalue weighted by Gasteiger charge is 2.25. The maximum Gasteiger partial charge on any atom is 0.333 e. The van der Waals surface area contributed by atoms with Crippen LogP contribution in [0.15, 0.2) is 36.0 Å². The molecule has 0 saturated heterocycles. The minimum atomic E-state index is -0.305. The molecule has 0 saturated carbocycles. The summed E-state index contributed by atoms with van der Waals surface area (Å²) in [5.74, 6) is 0.117. The minimum absolute atomic E-state index is 0.111. The molecule has 88 valence electrons. The fraction of sp³-hybridized carbons (Fsp3) is 0.500. The van der Waals surface area contributed by atoms with Gasteiger partial charge in [-0.05, 0) is 45.1 Å². The normalized spacial score (nSPS) is 24.6. The Morgan fingerprint density at radius 2 is 2.06 bits per heavy atom. The Balaban J connectivity index is 2.69. The molecule has 2 heteroatoms. The molecule has 1 rings (SSSR count). The van der Waals surface area contributed by atoms with E-state index in [1.807, 2.05) is 13.8 Å². The highest BCUT2D eigenvalue weighted by atomic mass is 16.5. The van der Waals surface area contributed by atoms with Gasteiger partial charge in [-0.1, -0.05) is 24.8 Å². The number of rotatable bonds is 3. The van der Waals surface area contributed by atoms with Crippen LogP contribution in [0.5, 0.6) is 0 Å². The molecular formula is C14H20O2. The summed E-state index contributed by atoms with van der Waals surface area (Å²) in [6.07, 6.45) is 3.87. The first kappa shape index (κ1) is 12.8. The monoisotopic (exact) mass is 220 g/mol. The van der Waals surface area contributed by atoms with E-state index < -0.39 is 0 Å². The van der Waals surface area contributed by atoms with Crippen molar-refractivity contribution >= 4 is 5.97 Å². The van der Waals surface area contributed by atoms with E-state index in [1.54, 1.807) is 6.92 Å². The van der Waals surface area contributed by atoms with Gasteiger partial charge in [-0.15, -0.1) is 0 Å². The molecule has 16 heavy (non-hydrogen) atoms. The summed E-state index contributed by atoms with van der Waals surface area (Å²) in [4.78, 5) is 11.5. The van der Waals surface area contributed by atoms with Crippen LogP contribution < -0.4 is 0 Å². The maximum atomic E-state index is 11.5. The van der Waals surface area contributed by atoms with Crippen molar-refractivity contribution in [2.45, 2.75) is 39.7 Å². The van der Waals surface area contributed by atoms with Crippen molar-refractivity contribution in [2.24, 2.45) is 5.92 Å². The summed E-state index contributed by atoms with van der Waals surface area (Å²) in [6, 6.07) is 0. The lowest BCUT2D eigenvalue weighted by Crippen LogP contribution is -2.26. The van der Waals surface area contributed by atoms with E-state index in [0.717, 1.165) is 24.0 Å². The van der Waals surface area contributed by atoms with Crippen molar-refractivity contribution in [3.05, 3.63) is 36.0 Å². The Morgan fingerprint density at radius 3 is 2.56 bits per heavy atom. The summed E-state index contributed by atoms with van der Waals surface area (Å²) in [6.45, 7) is 13.3. The highest BCUT2D eigenvalue weighted by molar-refractivity contribution is 5.87. The van der Waals surface area contributed by atoms with E-state index in [4.69, 9.17) is 4.74 Å². The Hall–Kier alpha value is -1.31. The minimum Gasteiger partial charge on any atom is -0.454 e. The average molecular weight is 220 g/mol. The molecule has 2 atom stereocenters. The van der Waals surface area contributed by atoms with Gasteiger partial charge in [0.25, 0.3) is 0 Å². The lowest BCUT2D eigenvalue weighted by Gasteiger charge is -2.28. The zero-order valence-electron chi connectivity index (χ0n) is 10.4. The topological polar surface area (TPSA) is 26.3 Å².